The van der Waals surface area contributed by atoms with Crippen molar-refractivity contribution in [3.63, 3.8) is 0 Å². The first-order chi connectivity index (χ1) is 13.0. The fourth-order valence-electron chi connectivity index (χ4n) is 2.48. The number of aryl methyl sites for hydroxylation is 1. The summed E-state index contributed by atoms with van der Waals surface area (Å²) in [5.41, 5.74) is 1.97. The zero-order chi connectivity index (χ0) is 19.3. The summed E-state index contributed by atoms with van der Waals surface area (Å²) >= 11 is 0. The molecular formula is C22H19NO3S. The number of aliphatic hydroxyl groups is 1. The topological polar surface area (TPSA) is 57.6 Å². The number of hydrogen-bond acceptors (Lipinski definition) is 3. The van der Waals surface area contributed by atoms with E-state index in [0.717, 1.165) is 9.87 Å². The Kier molecular flexibility index (Phi) is 5.60. The van der Waals surface area contributed by atoms with Crippen molar-refractivity contribution in [1.82, 2.24) is 0 Å². The Labute approximate surface area is 159 Å². The molecule has 0 bridgehead atoms. The lowest BCUT2D eigenvalue weighted by Gasteiger charge is -2.18. The van der Waals surface area contributed by atoms with E-state index < -0.39 is 16.1 Å². The average molecular weight is 377 g/mol. The predicted octanol–water partition coefficient (Wildman–Crippen LogP) is 3.88. The second-order valence-corrected chi connectivity index (χ2v) is 7.77. The van der Waals surface area contributed by atoms with Crippen LogP contribution in [-0.4, -0.2) is 13.5 Å². The van der Waals surface area contributed by atoms with Crippen LogP contribution in [-0.2, 0) is 10.0 Å². The summed E-state index contributed by atoms with van der Waals surface area (Å²) in [6.45, 7) is 1.89. The van der Waals surface area contributed by atoms with E-state index in [2.05, 4.69) is 12.0 Å². The van der Waals surface area contributed by atoms with Crippen molar-refractivity contribution in [1.29, 1.82) is 0 Å². The minimum Gasteiger partial charge on any atom is -0.376 e. The summed E-state index contributed by atoms with van der Waals surface area (Å²) in [6.07, 6.45) is -1.09. The van der Waals surface area contributed by atoms with Crippen molar-refractivity contribution < 1.29 is 13.5 Å². The van der Waals surface area contributed by atoms with Crippen molar-refractivity contribution in [3.05, 3.63) is 96.1 Å². The predicted molar refractivity (Wildman–Crippen MR) is 106 cm³/mol. The number of para-hydroxylation sites is 1. The largest absolute Gasteiger partial charge is 0.376 e. The number of nitrogens with zero attached hydrogens (tertiary/aromatic N) is 1. The van der Waals surface area contributed by atoms with Crippen LogP contribution in [0.3, 0.4) is 0 Å². The molecule has 0 fully saturated rings. The van der Waals surface area contributed by atoms with Gasteiger partial charge in [-0.1, -0.05) is 66.2 Å². The summed E-state index contributed by atoms with van der Waals surface area (Å²) in [7, 11) is -3.90. The molecule has 3 rings (SSSR count). The SMILES string of the molecule is Cc1ccc(S(=O)(=O)N(C#CC(O)c2ccccc2)c2ccccc2)cc1. The summed E-state index contributed by atoms with van der Waals surface area (Å²) in [5.74, 6) is 2.64. The van der Waals surface area contributed by atoms with E-state index in [0.29, 0.717) is 11.3 Å². The number of hydrogen-bond donors (Lipinski definition) is 1. The zero-order valence-electron chi connectivity index (χ0n) is 14.8. The van der Waals surface area contributed by atoms with Crippen LogP contribution in [0.2, 0.25) is 0 Å². The minimum absolute atomic E-state index is 0.139. The van der Waals surface area contributed by atoms with Crippen LogP contribution in [0.4, 0.5) is 5.69 Å². The molecule has 0 saturated carbocycles. The standard InChI is InChI=1S/C22H19NO3S/c1-18-12-14-21(15-13-18)27(25,26)23(20-10-6-3-7-11-20)17-16-22(24)19-8-4-2-5-9-19/h2-15,22,24H,1H3. The molecule has 0 radical (unpaired) electrons. The molecular weight excluding hydrogens is 358 g/mol. The second kappa shape index (κ2) is 8.09. The summed E-state index contributed by atoms with van der Waals surface area (Å²) in [6, 6.07) is 26.7. The van der Waals surface area contributed by atoms with Crippen LogP contribution in [0.15, 0.2) is 89.8 Å². The zero-order valence-corrected chi connectivity index (χ0v) is 15.6. The van der Waals surface area contributed by atoms with E-state index in [9.17, 15) is 13.5 Å². The van der Waals surface area contributed by atoms with Gasteiger partial charge in [-0.05, 0) is 42.7 Å². The van der Waals surface area contributed by atoms with Crippen LogP contribution < -0.4 is 4.31 Å². The van der Waals surface area contributed by atoms with E-state index in [-0.39, 0.29) is 4.90 Å². The molecule has 3 aromatic rings. The number of anilines is 1. The maximum atomic E-state index is 13.1. The van der Waals surface area contributed by atoms with Gasteiger partial charge in [-0.3, -0.25) is 0 Å². The van der Waals surface area contributed by atoms with Crippen molar-refractivity contribution in [2.75, 3.05) is 4.31 Å². The van der Waals surface area contributed by atoms with Gasteiger partial charge in [-0.2, -0.15) is 4.31 Å². The number of benzene rings is 3. The molecule has 0 saturated heterocycles. The molecule has 27 heavy (non-hydrogen) atoms. The lowest BCUT2D eigenvalue weighted by molar-refractivity contribution is 0.238. The van der Waals surface area contributed by atoms with E-state index >= 15 is 0 Å². The summed E-state index contributed by atoms with van der Waals surface area (Å²) in [4.78, 5) is 0.139. The Bertz CT molecular complexity index is 1050. The molecule has 0 aliphatic heterocycles. The van der Waals surface area contributed by atoms with Crippen LogP contribution in [0.1, 0.15) is 17.2 Å². The summed E-state index contributed by atoms with van der Waals surface area (Å²) < 4.78 is 27.3. The van der Waals surface area contributed by atoms with Crippen LogP contribution in [0, 0.1) is 18.9 Å². The molecule has 0 aliphatic rings. The Morgan fingerprint density at radius 1 is 0.852 bits per heavy atom. The van der Waals surface area contributed by atoms with Gasteiger partial charge in [0.25, 0.3) is 10.0 Å². The van der Waals surface area contributed by atoms with Crippen molar-refractivity contribution >= 4 is 15.7 Å². The van der Waals surface area contributed by atoms with Crippen molar-refractivity contribution in [3.8, 4) is 12.0 Å². The van der Waals surface area contributed by atoms with E-state index in [1.165, 1.54) is 0 Å². The van der Waals surface area contributed by atoms with Crippen LogP contribution >= 0.6 is 0 Å². The Morgan fingerprint density at radius 2 is 1.41 bits per heavy atom. The van der Waals surface area contributed by atoms with Gasteiger partial charge in [0.2, 0.25) is 0 Å². The highest BCUT2D eigenvalue weighted by molar-refractivity contribution is 7.93. The monoisotopic (exact) mass is 377 g/mol. The third-order valence-electron chi connectivity index (χ3n) is 3.97. The molecule has 0 heterocycles. The maximum Gasteiger partial charge on any atom is 0.275 e. The van der Waals surface area contributed by atoms with Gasteiger partial charge < -0.3 is 5.11 Å². The van der Waals surface area contributed by atoms with E-state index in [1.807, 2.05) is 13.0 Å². The van der Waals surface area contributed by atoms with Gasteiger partial charge in [-0.25, -0.2) is 8.42 Å². The number of rotatable bonds is 4. The van der Waals surface area contributed by atoms with Crippen LogP contribution in [0.5, 0.6) is 0 Å². The molecule has 0 amide bonds. The molecule has 136 valence electrons. The lowest BCUT2D eigenvalue weighted by atomic mass is 10.1. The van der Waals surface area contributed by atoms with Gasteiger partial charge in [-0.15, -0.1) is 0 Å². The summed E-state index contributed by atoms with van der Waals surface area (Å²) in [5, 5.41) is 10.3. The first-order valence-corrected chi connectivity index (χ1v) is 9.84. The minimum atomic E-state index is -3.90. The molecule has 3 aromatic carbocycles. The first kappa shape index (κ1) is 18.7. The molecule has 0 aromatic heterocycles. The Morgan fingerprint density at radius 3 is 2.00 bits per heavy atom. The lowest BCUT2D eigenvalue weighted by Crippen LogP contribution is -2.26. The molecule has 5 heteroatoms. The third kappa shape index (κ3) is 4.37. The average Bonchev–Trinajstić information content (AvgIpc) is 2.69. The first-order valence-electron chi connectivity index (χ1n) is 8.40. The third-order valence-corrected chi connectivity index (χ3v) is 5.62. The smallest absolute Gasteiger partial charge is 0.275 e. The second-order valence-electron chi connectivity index (χ2n) is 5.99. The molecule has 0 spiro atoms. The molecule has 1 N–H and O–H groups in total. The molecule has 0 aliphatic carbocycles. The molecule has 4 nitrogen and oxygen atoms in total. The maximum absolute atomic E-state index is 13.1. The van der Waals surface area contributed by atoms with Gasteiger partial charge in [0.1, 0.15) is 6.10 Å². The normalized spacial score (nSPS) is 11.9. The molecule has 1 unspecified atom stereocenters. The number of sulfonamides is 1. The van der Waals surface area contributed by atoms with E-state index in [4.69, 9.17) is 0 Å². The fraction of sp³-hybridized carbons (Fsp3) is 0.0909. The fourth-order valence-corrected chi connectivity index (χ4v) is 3.74. The highest BCUT2D eigenvalue weighted by atomic mass is 32.2. The number of aliphatic hydroxyl groups excluding tert-OH is 1. The van der Waals surface area contributed by atoms with Gasteiger partial charge in [0.15, 0.2) is 0 Å². The highest BCUT2D eigenvalue weighted by Crippen LogP contribution is 2.23. The molecule has 1 atom stereocenters. The van der Waals surface area contributed by atoms with Crippen molar-refractivity contribution in [2.45, 2.75) is 17.9 Å². The van der Waals surface area contributed by atoms with E-state index in [1.54, 1.807) is 78.9 Å². The van der Waals surface area contributed by atoms with Crippen molar-refractivity contribution in [2.24, 2.45) is 0 Å². The van der Waals surface area contributed by atoms with Gasteiger partial charge in [0, 0.05) is 6.04 Å². The highest BCUT2D eigenvalue weighted by Gasteiger charge is 2.24. The Balaban J connectivity index is 2.03. The Hall–Kier alpha value is -3.07. The quantitative estimate of drug-likeness (QED) is 0.554. The van der Waals surface area contributed by atoms with Gasteiger partial charge in [0.05, 0.1) is 10.6 Å². The van der Waals surface area contributed by atoms with Gasteiger partial charge >= 0.3 is 0 Å². The van der Waals surface area contributed by atoms with Crippen LogP contribution in [0.25, 0.3) is 0 Å².